The number of hydrogen-bond donors (Lipinski definition) is 1. The highest BCUT2D eigenvalue weighted by molar-refractivity contribution is 5.88. The highest BCUT2D eigenvalue weighted by atomic mass is 16.6. The van der Waals surface area contributed by atoms with Gasteiger partial charge in [0, 0.05) is 24.2 Å². The van der Waals surface area contributed by atoms with E-state index in [0.29, 0.717) is 5.75 Å². The summed E-state index contributed by atoms with van der Waals surface area (Å²) in [6, 6.07) is 10.4. The van der Waals surface area contributed by atoms with Crippen molar-refractivity contribution < 1.29 is 28.7 Å². The zero-order valence-corrected chi connectivity index (χ0v) is 20.3. The van der Waals surface area contributed by atoms with Gasteiger partial charge in [-0.1, -0.05) is 12.1 Å². The highest BCUT2D eigenvalue weighted by Crippen LogP contribution is 2.30. The van der Waals surface area contributed by atoms with E-state index in [1.807, 2.05) is 32.9 Å². The Hall–Kier alpha value is -3.82. The molecule has 10 heteroatoms. The Morgan fingerprint density at radius 3 is 2.21 bits per heavy atom. The largest absolute Gasteiger partial charge is 0.497 e. The summed E-state index contributed by atoms with van der Waals surface area (Å²) in [5, 5.41) is 14.0. The molecular weight excluding hydrogens is 442 g/mol. The van der Waals surface area contributed by atoms with Crippen molar-refractivity contribution >= 4 is 17.5 Å². The molecule has 0 aromatic heterocycles. The van der Waals surface area contributed by atoms with E-state index in [4.69, 9.17) is 14.2 Å². The predicted octanol–water partition coefficient (Wildman–Crippen LogP) is 3.32. The van der Waals surface area contributed by atoms with E-state index in [0.717, 1.165) is 5.56 Å². The molecule has 0 aliphatic rings. The monoisotopic (exact) mass is 473 g/mol. The molecule has 10 nitrogen and oxygen atoms in total. The van der Waals surface area contributed by atoms with E-state index >= 15 is 0 Å². The predicted molar refractivity (Wildman–Crippen MR) is 126 cm³/mol. The number of methoxy groups -OCH3 is 2. The molecule has 0 aliphatic carbocycles. The Morgan fingerprint density at radius 2 is 1.68 bits per heavy atom. The molecule has 0 unspecified atom stereocenters. The second-order valence-corrected chi connectivity index (χ2v) is 8.66. The minimum Gasteiger partial charge on any atom is -0.497 e. The van der Waals surface area contributed by atoms with Crippen LogP contribution in [0.15, 0.2) is 42.5 Å². The summed E-state index contributed by atoms with van der Waals surface area (Å²) in [6.07, 6.45) is 0. The van der Waals surface area contributed by atoms with Crippen LogP contribution in [0.1, 0.15) is 33.3 Å². The average molecular weight is 474 g/mol. The molecule has 0 heterocycles. The fourth-order valence-electron chi connectivity index (χ4n) is 3.11. The first kappa shape index (κ1) is 26.4. The minimum atomic E-state index is -0.774. The molecule has 2 aromatic carbocycles. The molecule has 184 valence electrons. The summed E-state index contributed by atoms with van der Waals surface area (Å²) in [7, 11) is 2.87. The number of nitro benzene ring substituents is 1. The maximum Gasteiger partial charge on any atom is 0.311 e. The number of benzene rings is 2. The number of nitrogens with one attached hydrogen (secondary N) is 1. The smallest absolute Gasteiger partial charge is 0.311 e. The second-order valence-electron chi connectivity index (χ2n) is 8.66. The van der Waals surface area contributed by atoms with Crippen molar-refractivity contribution in [1.82, 2.24) is 10.2 Å². The SMILES string of the molecule is COc1ccc(CN(C(=O)COc2ccc([N+](=O)[O-])c(OC)c2)[C@@H](C)C(=O)NC(C)(C)C)cc1. The zero-order valence-electron chi connectivity index (χ0n) is 20.3. The summed E-state index contributed by atoms with van der Waals surface area (Å²) in [5.41, 5.74) is 0.128. The molecule has 2 amide bonds. The Balaban J connectivity index is 2.21. The molecular formula is C24H31N3O7. The van der Waals surface area contributed by atoms with E-state index in [2.05, 4.69) is 5.32 Å². The van der Waals surface area contributed by atoms with Gasteiger partial charge in [-0.15, -0.1) is 0 Å². The summed E-state index contributed by atoms with van der Waals surface area (Å²) in [4.78, 5) is 37.9. The van der Waals surface area contributed by atoms with Crippen LogP contribution >= 0.6 is 0 Å². The Morgan fingerprint density at radius 1 is 1.06 bits per heavy atom. The lowest BCUT2D eigenvalue weighted by Crippen LogP contribution is -2.53. The Bertz CT molecular complexity index is 1020. The number of nitro groups is 1. The van der Waals surface area contributed by atoms with Crippen molar-refractivity contribution in [1.29, 1.82) is 0 Å². The zero-order chi connectivity index (χ0) is 25.5. The van der Waals surface area contributed by atoms with Gasteiger partial charge < -0.3 is 24.4 Å². The highest BCUT2D eigenvalue weighted by Gasteiger charge is 2.29. The normalized spacial score (nSPS) is 11.8. The van der Waals surface area contributed by atoms with Crippen LogP contribution in [0, 0.1) is 10.1 Å². The first-order chi connectivity index (χ1) is 15.9. The maximum atomic E-state index is 13.1. The topological polar surface area (TPSA) is 120 Å². The van der Waals surface area contributed by atoms with Gasteiger partial charge in [0.15, 0.2) is 6.61 Å². The van der Waals surface area contributed by atoms with Crippen molar-refractivity contribution in [3.05, 3.63) is 58.1 Å². The summed E-state index contributed by atoms with van der Waals surface area (Å²) in [6.45, 7) is 7.03. The van der Waals surface area contributed by atoms with Crippen LogP contribution in [-0.4, -0.2) is 54.0 Å². The lowest BCUT2D eigenvalue weighted by Gasteiger charge is -2.31. The van der Waals surface area contributed by atoms with E-state index in [9.17, 15) is 19.7 Å². The van der Waals surface area contributed by atoms with Crippen LogP contribution in [0.4, 0.5) is 5.69 Å². The number of ether oxygens (including phenoxy) is 3. The first-order valence-electron chi connectivity index (χ1n) is 10.6. The molecule has 0 spiro atoms. The van der Waals surface area contributed by atoms with Crippen molar-refractivity contribution in [3.8, 4) is 17.2 Å². The van der Waals surface area contributed by atoms with Gasteiger partial charge in [0.05, 0.1) is 19.1 Å². The van der Waals surface area contributed by atoms with Gasteiger partial charge in [-0.05, 0) is 51.5 Å². The third-order valence-corrected chi connectivity index (χ3v) is 4.89. The van der Waals surface area contributed by atoms with Gasteiger partial charge in [-0.2, -0.15) is 0 Å². The summed E-state index contributed by atoms with van der Waals surface area (Å²) < 4.78 is 15.8. The molecule has 1 N–H and O–H groups in total. The molecule has 0 saturated carbocycles. The first-order valence-corrected chi connectivity index (χ1v) is 10.6. The number of hydrogen-bond acceptors (Lipinski definition) is 7. The van der Waals surface area contributed by atoms with Crippen molar-refractivity contribution in [2.45, 2.75) is 45.8 Å². The van der Waals surface area contributed by atoms with Crippen LogP contribution in [0.25, 0.3) is 0 Å². The number of nitrogens with zero attached hydrogens (tertiary/aromatic N) is 2. The lowest BCUT2D eigenvalue weighted by atomic mass is 10.1. The van der Waals surface area contributed by atoms with Gasteiger partial charge >= 0.3 is 5.69 Å². The molecule has 2 rings (SSSR count). The van der Waals surface area contributed by atoms with Crippen LogP contribution < -0.4 is 19.5 Å². The van der Waals surface area contributed by atoms with Crippen molar-refractivity contribution in [3.63, 3.8) is 0 Å². The van der Waals surface area contributed by atoms with Crippen molar-refractivity contribution in [2.75, 3.05) is 20.8 Å². The van der Waals surface area contributed by atoms with Gasteiger partial charge in [0.25, 0.3) is 5.91 Å². The average Bonchev–Trinajstić information content (AvgIpc) is 2.79. The maximum absolute atomic E-state index is 13.1. The lowest BCUT2D eigenvalue weighted by molar-refractivity contribution is -0.385. The molecule has 0 saturated heterocycles. The number of carbonyl (C=O) groups is 2. The van der Waals surface area contributed by atoms with Gasteiger partial charge in [-0.25, -0.2) is 0 Å². The number of amides is 2. The quantitative estimate of drug-likeness (QED) is 0.415. The van der Waals surface area contributed by atoms with Crippen LogP contribution in [-0.2, 0) is 16.1 Å². The molecule has 0 bridgehead atoms. The number of rotatable bonds is 10. The molecule has 34 heavy (non-hydrogen) atoms. The minimum absolute atomic E-state index is 0.0166. The van der Waals surface area contributed by atoms with E-state index in [1.165, 1.54) is 30.2 Å². The van der Waals surface area contributed by atoms with Crippen LogP contribution in [0.3, 0.4) is 0 Å². The molecule has 2 aromatic rings. The number of carbonyl (C=O) groups excluding carboxylic acids is 2. The van der Waals surface area contributed by atoms with Gasteiger partial charge in [-0.3, -0.25) is 19.7 Å². The third-order valence-electron chi connectivity index (χ3n) is 4.89. The molecule has 1 atom stereocenters. The fourth-order valence-corrected chi connectivity index (χ4v) is 3.11. The summed E-state index contributed by atoms with van der Waals surface area (Å²) >= 11 is 0. The van der Waals surface area contributed by atoms with Crippen LogP contribution in [0.5, 0.6) is 17.2 Å². The van der Waals surface area contributed by atoms with Crippen molar-refractivity contribution in [2.24, 2.45) is 0 Å². The van der Waals surface area contributed by atoms with Gasteiger partial charge in [0.2, 0.25) is 11.7 Å². The van der Waals surface area contributed by atoms with E-state index < -0.39 is 22.4 Å². The van der Waals surface area contributed by atoms with Gasteiger partial charge in [0.1, 0.15) is 17.5 Å². The molecule has 0 fully saturated rings. The third kappa shape index (κ3) is 7.36. The second kappa shape index (κ2) is 11.4. The molecule has 0 aliphatic heterocycles. The fraction of sp³-hybridized carbons (Fsp3) is 0.417. The Kier molecular flexibility index (Phi) is 8.83. The van der Waals surface area contributed by atoms with Crippen LogP contribution in [0.2, 0.25) is 0 Å². The summed E-state index contributed by atoms with van der Waals surface area (Å²) in [5.74, 6) is 0.196. The standard InChI is InChI=1S/C24H31N3O7/c1-16(23(29)25-24(2,3)4)26(14-17-7-9-18(32-5)10-8-17)22(28)15-34-19-11-12-20(27(30)31)21(13-19)33-6/h7-13,16H,14-15H2,1-6H3,(H,25,29)/t16-/m0/s1. The molecule has 0 radical (unpaired) electrons. The van der Waals surface area contributed by atoms with E-state index in [-0.39, 0.29) is 36.2 Å². The Labute approximate surface area is 198 Å². The van der Waals surface area contributed by atoms with E-state index in [1.54, 1.807) is 26.2 Å².